The predicted octanol–water partition coefficient (Wildman–Crippen LogP) is 1.63. The van der Waals surface area contributed by atoms with E-state index in [2.05, 4.69) is 25.4 Å². The van der Waals surface area contributed by atoms with Gasteiger partial charge < -0.3 is 4.74 Å². The van der Waals surface area contributed by atoms with Crippen molar-refractivity contribution in [2.24, 2.45) is 0 Å². The Morgan fingerprint density at radius 2 is 1.91 bits per heavy atom. The largest absolute Gasteiger partial charge is 0.469 e. The molecular weight excluding hydrogens is 388 g/mol. The normalized spacial score (nSPS) is 11.0. The van der Waals surface area contributed by atoms with Gasteiger partial charge in [0.05, 0.1) is 7.11 Å². The van der Waals surface area contributed by atoms with Crippen molar-refractivity contribution in [3.05, 3.63) is 34.3 Å². The highest BCUT2D eigenvalue weighted by atomic mass is 79.9. The number of esters is 1. The van der Waals surface area contributed by atoms with Crippen LogP contribution >= 0.6 is 15.9 Å². The molecule has 0 aliphatic heterocycles. The monoisotopic (exact) mass is 406 g/mol. The van der Waals surface area contributed by atoms with Crippen LogP contribution in [0.5, 0.6) is 0 Å². The Balaban J connectivity index is 2.33. The molecule has 0 saturated carbocycles. The molecule has 1 amide bonds. The van der Waals surface area contributed by atoms with Crippen LogP contribution < -0.4 is 9.44 Å². The lowest BCUT2D eigenvalue weighted by atomic mass is 10.2. The van der Waals surface area contributed by atoms with Crippen molar-refractivity contribution in [1.29, 1.82) is 0 Å². The van der Waals surface area contributed by atoms with Crippen LogP contribution in [0.3, 0.4) is 0 Å². The molecule has 0 heterocycles. The van der Waals surface area contributed by atoms with Gasteiger partial charge in [-0.05, 0) is 30.5 Å². The van der Waals surface area contributed by atoms with E-state index in [0.29, 0.717) is 12.8 Å². The molecule has 128 valence electrons. The molecular formula is C14H19BrN2O5S. The molecule has 0 aliphatic rings. The lowest BCUT2D eigenvalue weighted by Crippen LogP contribution is -2.39. The minimum Gasteiger partial charge on any atom is -0.469 e. The van der Waals surface area contributed by atoms with Crippen molar-refractivity contribution in [2.75, 3.05) is 7.11 Å². The van der Waals surface area contributed by atoms with E-state index < -0.39 is 16.1 Å². The van der Waals surface area contributed by atoms with Gasteiger partial charge in [-0.15, -0.1) is 0 Å². The van der Waals surface area contributed by atoms with E-state index in [9.17, 15) is 18.0 Å². The summed E-state index contributed by atoms with van der Waals surface area (Å²) in [5.74, 6) is -0.967. The van der Waals surface area contributed by atoms with Gasteiger partial charge in [0, 0.05) is 23.9 Å². The molecule has 0 unspecified atom stereocenters. The van der Waals surface area contributed by atoms with Gasteiger partial charge in [0.2, 0.25) is 5.91 Å². The summed E-state index contributed by atoms with van der Waals surface area (Å²) in [5, 5.41) is 0. The number of carbonyl (C=O) groups excluding carboxylic acids is 2. The summed E-state index contributed by atoms with van der Waals surface area (Å²) >= 11 is 3.29. The quantitative estimate of drug-likeness (QED) is 0.479. The molecule has 1 rings (SSSR count). The zero-order chi connectivity index (χ0) is 17.3. The maximum absolute atomic E-state index is 11.8. The zero-order valence-electron chi connectivity index (χ0n) is 12.7. The minimum atomic E-state index is -3.91. The number of methoxy groups -OCH3 is 1. The van der Waals surface area contributed by atoms with Crippen LogP contribution in [0.2, 0.25) is 0 Å². The Hall–Kier alpha value is -1.45. The average molecular weight is 407 g/mol. The SMILES string of the molecule is COC(=O)CCCCC(=O)NS(=O)(=O)NCc1cccc(Br)c1. The van der Waals surface area contributed by atoms with Crippen molar-refractivity contribution >= 4 is 38.0 Å². The second-order valence-corrected chi connectivity index (χ2v) is 7.18. The van der Waals surface area contributed by atoms with E-state index in [1.807, 2.05) is 10.8 Å². The Morgan fingerprint density at radius 3 is 2.57 bits per heavy atom. The standard InChI is InChI=1S/C14H19BrN2O5S/c1-22-14(19)8-3-2-7-13(18)17-23(20,21)16-10-11-5-4-6-12(15)9-11/h4-6,9,16H,2-3,7-8,10H2,1H3,(H,17,18). The highest BCUT2D eigenvalue weighted by Gasteiger charge is 2.14. The number of nitrogens with one attached hydrogen (secondary N) is 2. The molecule has 2 N–H and O–H groups in total. The number of hydrogen-bond donors (Lipinski definition) is 2. The number of rotatable bonds is 9. The summed E-state index contributed by atoms with van der Waals surface area (Å²) < 4.78 is 33.1. The number of carbonyl (C=O) groups is 2. The van der Waals surface area contributed by atoms with Crippen LogP contribution in [0.1, 0.15) is 31.2 Å². The van der Waals surface area contributed by atoms with Crippen LogP contribution in [-0.2, 0) is 31.1 Å². The number of unbranched alkanes of at least 4 members (excludes halogenated alkanes) is 1. The fourth-order valence-electron chi connectivity index (χ4n) is 1.72. The Kier molecular flexibility index (Phi) is 8.21. The third-order valence-corrected chi connectivity index (χ3v) is 4.38. The molecule has 7 nitrogen and oxygen atoms in total. The van der Waals surface area contributed by atoms with E-state index >= 15 is 0 Å². The van der Waals surface area contributed by atoms with E-state index in [0.717, 1.165) is 10.0 Å². The van der Waals surface area contributed by atoms with Crippen LogP contribution in [0.15, 0.2) is 28.7 Å². The van der Waals surface area contributed by atoms with Gasteiger partial charge in [-0.1, -0.05) is 28.1 Å². The van der Waals surface area contributed by atoms with Crippen molar-refractivity contribution in [2.45, 2.75) is 32.2 Å². The van der Waals surface area contributed by atoms with Gasteiger partial charge in [0.25, 0.3) is 0 Å². The summed E-state index contributed by atoms with van der Waals surface area (Å²) in [7, 11) is -2.62. The van der Waals surface area contributed by atoms with E-state index in [-0.39, 0.29) is 25.4 Å². The number of ether oxygens (including phenoxy) is 1. The summed E-state index contributed by atoms with van der Waals surface area (Å²) in [6, 6.07) is 7.15. The molecule has 0 saturated heterocycles. The van der Waals surface area contributed by atoms with Gasteiger partial charge in [-0.3, -0.25) is 9.59 Å². The van der Waals surface area contributed by atoms with Gasteiger partial charge in [0.1, 0.15) is 0 Å². The predicted molar refractivity (Wildman–Crippen MR) is 88.5 cm³/mol. The summed E-state index contributed by atoms with van der Waals surface area (Å²) in [5.41, 5.74) is 0.760. The summed E-state index contributed by atoms with van der Waals surface area (Å²) in [6.45, 7) is 0.0738. The fraction of sp³-hybridized carbons (Fsp3) is 0.429. The smallest absolute Gasteiger partial charge is 0.305 e. The van der Waals surface area contributed by atoms with Gasteiger partial charge in [-0.2, -0.15) is 13.1 Å². The van der Waals surface area contributed by atoms with Crippen molar-refractivity contribution in [1.82, 2.24) is 9.44 Å². The van der Waals surface area contributed by atoms with E-state index in [1.165, 1.54) is 7.11 Å². The van der Waals surface area contributed by atoms with Gasteiger partial charge in [-0.25, -0.2) is 4.72 Å². The maximum Gasteiger partial charge on any atom is 0.305 e. The molecule has 1 aromatic rings. The zero-order valence-corrected chi connectivity index (χ0v) is 15.1. The molecule has 9 heteroatoms. The fourth-order valence-corrected chi connectivity index (χ4v) is 3.00. The highest BCUT2D eigenvalue weighted by molar-refractivity contribution is 9.10. The molecule has 0 radical (unpaired) electrons. The third-order valence-electron chi connectivity index (χ3n) is 2.87. The number of benzene rings is 1. The number of hydrogen-bond acceptors (Lipinski definition) is 5. The molecule has 0 bridgehead atoms. The Labute approximate surface area is 144 Å². The molecule has 0 aromatic heterocycles. The molecule has 0 aliphatic carbocycles. The van der Waals surface area contributed by atoms with Crippen LogP contribution in [-0.4, -0.2) is 27.4 Å². The summed E-state index contributed by atoms with van der Waals surface area (Å²) in [4.78, 5) is 22.5. The maximum atomic E-state index is 11.8. The Bertz CT molecular complexity index is 648. The van der Waals surface area contributed by atoms with E-state index in [1.54, 1.807) is 18.2 Å². The van der Waals surface area contributed by atoms with Crippen LogP contribution in [0, 0.1) is 0 Å². The molecule has 0 fully saturated rings. The van der Waals surface area contributed by atoms with Crippen LogP contribution in [0.25, 0.3) is 0 Å². The minimum absolute atomic E-state index is 0.0226. The second-order valence-electron chi connectivity index (χ2n) is 4.76. The van der Waals surface area contributed by atoms with Gasteiger partial charge >= 0.3 is 16.2 Å². The first kappa shape index (κ1) is 19.6. The van der Waals surface area contributed by atoms with Crippen LogP contribution in [0.4, 0.5) is 0 Å². The first-order valence-corrected chi connectivity index (χ1v) is 9.21. The lowest BCUT2D eigenvalue weighted by molar-refractivity contribution is -0.140. The number of amides is 1. The first-order valence-electron chi connectivity index (χ1n) is 6.94. The Morgan fingerprint density at radius 1 is 1.22 bits per heavy atom. The van der Waals surface area contributed by atoms with Gasteiger partial charge in [0.15, 0.2) is 0 Å². The molecule has 23 heavy (non-hydrogen) atoms. The third kappa shape index (κ3) is 8.68. The lowest BCUT2D eigenvalue weighted by Gasteiger charge is -2.08. The topological polar surface area (TPSA) is 102 Å². The molecule has 0 spiro atoms. The molecule has 0 atom stereocenters. The number of halogens is 1. The molecule has 1 aromatic carbocycles. The highest BCUT2D eigenvalue weighted by Crippen LogP contribution is 2.11. The van der Waals surface area contributed by atoms with Crippen molar-refractivity contribution < 1.29 is 22.7 Å². The van der Waals surface area contributed by atoms with Crippen molar-refractivity contribution in [3.63, 3.8) is 0 Å². The van der Waals surface area contributed by atoms with Crippen molar-refractivity contribution in [3.8, 4) is 0 Å². The average Bonchev–Trinajstić information content (AvgIpc) is 2.49. The second kappa shape index (κ2) is 9.64. The summed E-state index contributed by atoms with van der Waals surface area (Å²) in [6.07, 6.45) is 1.10. The first-order chi connectivity index (χ1) is 10.8. The van der Waals surface area contributed by atoms with E-state index in [4.69, 9.17) is 0 Å².